The Morgan fingerprint density at radius 1 is 1.07 bits per heavy atom. The van der Waals surface area contributed by atoms with Gasteiger partial charge >= 0.3 is 6.03 Å². The molecular formula is C22H22N4O4. The Kier molecular flexibility index (Phi) is 4.23. The van der Waals surface area contributed by atoms with Gasteiger partial charge in [0.05, 0.1) is 0 Å². The van der Waals surface area contributed by atoms with Gasteiger partial charge in [-0.3, -0.25) is 19.4 Å². The molecule has 1 aliphatic heterocycles. The van der Waals surface area contributed by atoms with E-state index in [-0.39, 0.29) is 47.5 Å². The molecule has 0 radical (unpaired) electrons. The van der Waals surface area contributed by atoms with Crippen LogP contribution in [-0.4, -0.2) is 46.4 Å². The number of urea groups is 1. The highest BCUT2D eigenvalue weighted by Gasteiger charge is 2.58. The van der Waals surface area contributed by atoms with Crippen molar-refractivity contribution in [3.8, 4) is 5.88 Å². The predicted molar refractivity (Wildman–Crippen MR) is 108 cm³/mol. The number of pyridine rings is 1. The second-order valence-electron chi connectivity index (χ2n) is 8.40. The number of anilines is 1. The topological polar surface area (TPSA) is 106 Å². The van der Waals surface area contributed by atoms with Crippen LogP contribution in [-0.2, 0) is 4.79 Å². The van der Waals surface area contributed by atoms with Crippen LogP contribution in [0.5, 0.6) is 5.88 Å². The number of primary amides is 1. The highest BCUT2D eigenvalue weighted by molar-refractivity contribution is 6.12. The molecule has 3 fully saturated rings. The quantitative estimate of drug-likeness (QED) is 0.767. The van der Waals surface area contributed by atoms with E-state index in [0.717, 1.165) is 31.4 Å². The van der Waals surface area contributed by atoms with Crippen LogP contribution < -0.4 is 15.4 Å². The third kappa shape index (κ3) is 2.99. The van der Waals surface area contributed by atoms with Gasteiger partial charge in [0.15, 0.2) is 0 Å². The van der Waals surface area contributed by atoms with Crippen LogP contribution in [0.15, 0.2) is 48.7 Å². The molecule has 8 nitrogen and oxygen atoms in total. The van der Waals surface area contributed by atoms with Crippen molar-refractivity contribution in [3.05, 3.63) is 54.2 Å². The smallest absolute Gasteiger partial charge is 0.331 e. The number of ether oxygens (including phenoxy) is 1. The zero-order valence-corrected chi connectivity index (χ0v) is 16.4. The molecule has 2 N–H and O–H groups in total. The Labute approximate surface area is 173 Å². The van der Waals surface area contributed by atoms with E-state index in [1.807, 2.05) is 30.3 Å². The Hall–Kier alpha value is -3.42. The van der Waals surface area contributed by atoms with Crippen molar-refractivity contribution in [1.29, 1.82) is 0 Å². The van der Waals surface area contributed by atoms with Gasteiger partial charge in [-0.15, -0.1) is 0 Å². The molecule has 1 aromatic heterocycles. The lowest BCUT2D eigenvalue weighted by atomic mass is 9.52. The molecule has 1 aromatic carbocycles. The van der Waals surface area contributed by atoms with E-state index in [2.05, 4.69) is 4.98 Å². The molecule has 2 saturated carbocycles. The van der Waals surface area contributed by atoms with Gasteiger partial charge in [0.2, 0.25) is 5.88 Å². The number of nitrogens with two attached hydrogens (primary N) is 1. The Morgan fingerprint density at radius 3 is 2.50 bits per heavy atom. The van der Waals surface area contributed by atoms with E-state index < -0.39 is 5.91 Å². The minimum atomic E-state index is -0.565. The number of nitrogens with zero attached hydrogens (tertiary/aromatic N) is 3. The maximum absolute atomic E-state index is 12.8. The number of hydrogen-bond acceptors (Lipinski definition) is 5. The standard InChI is InChI=1S/C22H22N4O4/c23-19(28)17-7-4-8-24-20(17)30-16-11-22(12-16)9-15(10-22)26-18(27)13-25(21(26)29)14-5-2-1-3-6-14/h1-8,15-16H,9-13H2,(H2,23,28). The predicted octanol–water partition coefficient (Wildman–Crippen LogP) is 2.34. The highest BCUT2D eigenvalue weighted by Crippen LogP contribution is 2.58. The number of imide groups is 1. The molecule has 5 rings (SSSR count). The summed E-state index contributed by atoms with van der Waals surface area (Å²) in [5.41, 5.74) is 6.49. The number of aromatic nitrogens is 1. The van der Waals surface area contributed by atoms with Crippen molar-refractivity contribution < 1.29 is 19.1 Å². The number of hydrogen-bond donors (Lipinski definition) is 1. The molecule has 2 aliphatic carbocycles. The molecule has 4 amide bonds. The van der Waals surface area contributed by atoms with Gasteiger partial charge in [0.1, 0.15) is 18.2 Å². The number of rotatable bonds is 5. The van der Waals surface area contributed by atoms with Crippen molar-refractivity contribution in [3.63, 3.8) is 0 Å². The largest absolute Gasteiger partial charge is 0.474 e. The Balaban J connectivity index is 1.18. The van der Waals surface area contributed by atoms with Gasteiger partial charge in [-0.2, -0.15) is 0 Å². The summed E-state index contributed by atoms with van der Waals surface area (Å²) in [7, 11) is 0. The Morgan fingerprint density at radius 2 is 1.80 bits per heavy atom. The Bertz CT molecular complexity index is 1010. The molecule has 2 heterocycles. The average molecular weight is 406 g/mol. The van der Waals surface area contributed by atoms with E-state index in [9.17, 15) is 14.4 Å². The van der Waals surface area contributed by atoms with E-state index in [0.29, 0.717) is 0 Å². The summed E-state index contributed by atoms with van der Waals surface area (Å²) >= 11 is 0. The average Bonchev–Trinajstić information content (AvgIpc) is 2.98. The number of benzene rings is 1. The molecule has 3 aliphatic rings. The van der Waals surface area contributed by atoms with E-state index in [1.165, 1.54) is 9.80 Å². The molecule has 2 aromatic rings. The molecule has 0 atom stereocenters. The summed E-state index contributed by atoms with van der Waals surface area (Å²) in [6, 6.07) is 12.2. The van der Waals surface area contributed by atoms with Crippen LogP contribution >= 0.6 is 0 Å². The van der Waals surface area contributed by atoms with Crippen LogP contribution in [0.1, 0.15) is 36.0 Å². The molecule has 1 saturated heterocycles. The van der Waals surface area contributed by atoms with Crippen LogP contribution in [0.3, 0.4) is 0 Å². The summed E-state index contributed by atoms with van der Waals surface area (Å²) < 4.78 is 5.88. The molecule has 0 unspecified atom stereocenters. The maximum Gasteiger partial charge on any atom is 0.331 e. The molecule has 154 valence electrons. The summed E-state index contributed by atoms with van der Waals surface area (Å²) in [6.45, 7) is 0.0909. The van der Waals surface area contributed by atoms with Crippen LogP contribution in [0.25, 0.3) is 0 Å². The fourth-order valence-corrected chi connectivity index (χ4v) is 4.96. The first-order valence-corrected chi connectivity index (χ1v) is 10.1. The molecule has 30 heavy (non-hydrogen) atoms. The number of carbonyl (C=O) groups excluding carboxylic acids is 3. The van der Waals surface area contributed by atoms with E-state index >= 15 is 0 Å². The lowest BCUT2D eigenvalue weighted by Crippen LogP contribution is -2.60. The first-order valence-electron chi connectivity index (χ1n) is 10.1. The van der Waals surface area contributed by atoms with Gasteiger partial charge in [0, 0.05) is 17.9 Å². The number of amides is 4. The SMILES string of the molecule is NC(=O)c1cccnc1OC1CC2(C1)CC(N1C(=O)CN(c3ccccc3)C1=O)C2. The normalized spacial score (nSPS) is 27.7. The lowest BCUT2D eigenvalue weighted by molar-refractivity contribution is -0.138. The minimum absolute atomic E-state index is 0.0373. The maximum atomic E-state index is 12.8. The van der Waals surface area contributed by atoms with Crippen molar-refractivity contribution in [2.24, 2.45) is 11.1 Å². The van der Waals surface area contributed by atoms with Gasteiger partial charge in [-0.05, 0) is 55.4 Å². The van der Waals surface area contributed by atoms with Gasteiger partial charge in [0.25, 0.3) is 11.8 Å². The van der Waals surface area contributed by atoms with Crippen molar-refractivity contribution in [1.82, 2.24) is 9.88 Å². The van der Waals surface area contributed by atoms with Crippen LogP contribution in [0.4, 0.5) is 10.5 Å². The number of carbonyl (C=O) groups is 3. The third-order valence-electron chi connectivity index (χ3n) is 6.41. The van der Waals surface area contributed by atoms with Gasteiger partial charge < -0.3 is 10.5 Å². The molecule has 8 heteroatoms. The summed E-state index contributed by atoms with van der Waals surface area (Å²) in [4.78, 5) is 43.9. The zero-order valence-electron chi connectivity index (χ0n) is 16.4. The summed E-state index contributed by atoms with van der Waals surface area (Å²) in [5.74, 6) is -0.440. The minimum Gasteiger partial charge on any atom is -0.474 e. The molecule has 0 bridgehead atoms. The zero-order chi connectivity index (χ0) is 20.9. The molecule has 1 spiro atoms. The van der Waals surface area contributed by atoms with E-state index in [1.54, 1.807) is 18.3 Å². The summed E-state index contributed by atoms with van der Waals surface area (Å²) in [5, 5.41) is 0. The number of para-hydroxylation sites is 1. The van der Waals surface area contributed by atoms with Crippen LogP contribution in [0.2, 0.25) is 0 Å². The lowest BCUT2D eigenvalue weighted by Gasteiger charge is -2.58. The second-order valence-corrected chi connectivity index (χ2v) is 8.40. The van der Waals surface area contributed by atoms with Crippen LogP contribution in [0, 0.1) is 5.41 Å². The third-order valence-corrected chi connectivity index (χ3v) is 6.41. The highest BCUT2D eigenvalue weighted by atomic mass is 16.5. The monoisotopic (exact) mass is 406 g/mol. The first-order chi connectivity index (χ1) is 14.5. The van der Waals surface area contributed by atoms with Crippen molar-refractivity contribution in [2.75, 3.05) is 11.4 Å². The first kappa shape index (κ1) is 18.6. The molecular weight excluding hydrogens is 384 g/mol. The fraction of sp³-hybridized carbons (Fsp3) is 0.364. The van der Waals surface area contributed by atoms with Crippen molar-refractivity contribution in [2.45, 2.75) is 37.8 Å². The second kappa shape index (κ2) is 6.83. The fourth-order valence-electron chi connectivity index (χ4n) is 4.96. The van der Waals surface area contributed by atoms with Gasteiger partial charge in [-0.25, -0.2) is 9.78 Å². The van der Waals surface area contributed by atoms with E-state index in [4.69, 9.17) is 10.5 Å². The summed E-state index contributed by atoms with van der Waals surface area (Å²) in [6.07, 6.45) is 4.74. The van der Waals surface area contributed by atoms with Gasteiger partial charge in [-0.1, -0.05) is 18.2 Å². The van der Waals surface area contributed by atoms with Crippen molar-refractivity contribution >= 4 is 23.5 Å².